The molecule has 0 bridgehead atoms. The normalized spacial score (nSPS) is 13.9. The van der Waals surface area contributed by atoms with Gasteiger partial charge in [-0.1, -0.05) is 23.9 Å². The van der Waals surface area contributed by atoms with Gasteiger partial charge in [-0.05, 0) is 49.7 Å². The molecule has 2 aromatic carbocycles. The highest BCUT2D eigenvalue weighted by atomic mass is 32.2. The first-order valence-corrected chi connectivity index (χ1v) is 10.5. The van der Waals surface area contributed by atoms with E-state index in [0.29, 0.717) is 33.6 Å². The number of hydrogen-bond acceptors (Lipinski definition) is 5. The quantitative estimate of drug-likeness (QED) is 0.529. The fourth-order valence-electron chi connectivity index (χ4n) is 3.50. The summed E-state index contributed by atoms with van der Waals surface area (Å²) in [5.41, 5.74) is 1.82. The highest BCUT2D eigenvalue weighted by Crippen LogP contribution is 2.28. The number of halogens is 2. The number of carbonyl (C=O) groups is 1. The summed E-state index contributed by atoms with van der Waals surface area (Å²) in [5, 5.41) is 14.6. The minimum atomic E-state index is -2.46. The molecule has 1 aliphatic heterocycles. The van der Waals surface area contributed by atoms with Gasteiger partial charge in [-0.25, -0.2) is 0 Å². The lowest BCUT2D eigenvalue weighted by Gasteiger charge is -2.16. The average molecular weight is 429 g/mol. The van der Waals surface area contributed by atoms with Gasteiger partial charge < -0.3 is 15.2 Å². The van der Waals surface area contributed by atoms with Gasteiger partial charge in [-0.2, -0.15) is 8.78 Å². The van der Waals surface area contributed by atoms with Crippen molar-refractivity contribution >= 4 is 29.0 Å². The fraction of sp³-hybridized carbons (Fsp3) is 0.286. The number of para-hydroxylation sites is 1. The van der Waals surface area contributed by atoms with Crippen LogP contribution in [0.3, 0.4) is 0 Å². The molecular formula is C21H21F2N5OS. The van der Waals surface area contributed by atoms with E-state index in [-0.39, 0.29) is 11.9 Å². The number of rotatable bonds is 7. The number of fused-ring (bicyclic) bond motifs is 1. The third-order valence-electron chi connectivity index (χ3n) is 4.90. The molecule has 2 heterocycles. The summed E-state index contributed by atoms with van der Waals surface area (Å²) in [5.74, 6) is -0.970. The molecule has 0 saturated carbocycles. The number of aromatic nitrogens is 3. The van der Waals surface area contributed by atoms with Crippen molar-refractivity contribution in [2.45, 2.75) is 43.0 Å². The Bertz CT molecular complexity index is 1040. The van der Waals surface area contributed by atoms with Crippen LogP contribution in [-0.2, 0) is 13.0 Å². The Kier molecular flexibility index (Phi) is 5.98. The van der Waals surface area contributed by atoms with E-state index in [1.807, 2.05) is 13.0 Å². The van der Waals surface area contributed by atoms with Crippen LogP contribution in [-0.4, -0.2) is 26.4 Å². The largest absolute Gasteiger partial charge is 0.355 e. The highest BCUT2D eigenvalue weighted by Gasteiger charge is 2.23. The van der Waals surface area contributed by atoms with E-state index in [4.69, 9.17) is 0 Å². The maximum Gasteiger partial charge on any atom is 0.288 e. The third-order valence-corrected chi connectivity index (χ3v) is 5.63. The van der Waals surface area contributed by atoms with Crippen molar-refractivity contribution in [3.8, 4) is 0 Å². The van der Waals surface area contributed by atoms with Gasteiger partial charge in [0.2, 0.25) is 0 Å². The van der Waals surface area contributed by atoms with Gasteiger partial charge in [0.15, 0.2) is 5.82 Å². The summed E-state index contributed by atoms with van der Waals surface area (Å²) in [6, 6.07) is 13.5. The Morgan fingerprint density at radius 2 is 1.90 bits per heavy atom. The second-order valence-corrected chi connectivity index (χ2v) is 8.06. The van der Waals surface area contributed by atoms with E-state index >= 15 is 0 Å². The Hall–Kier alpha value is -2.94. The number of anilines is 2. The molecule has 0 spiro atoms. The number of carbonyl (C=O) groups excluding carboxylic acids is 1. The monoisotopic (exact) mass is 429 g/mol. The molecule has 1 atom stereocenters. The molecule has 1 amide bonds. The van der Waals surface area contributed by atoms with Crippen LogP contribution in [0.1, 0.15) is 41.4 Å². The summed E-state index contributed by atoms with van der Waals surface area (Å²) in [7, 11) is 0. The molecule has 0 aliphatic carbocycles. The number of aryl methyl sites for hydroxylation is 1. The van der Waals surface area contributed by atoms with Gasteiger partial charge in [0.1, 0.15) is 5.82 Å². The van der Waals surface area contributed by atoms with Crippen molar-refractivity contribution in [3.05, 3.63) is 65.7 Å². The van der Waals surface area contributed by atoms with Crippen molar-refractivity contribution < 1.29 is 13.6 Å². The Morgan fingerprint density at radius 3 is 2.67 bits per heavy atom. The molecule has 156 valence electrons. The summed E-state index contributed by atoms with van der Waals surface area (Å²) in [6.45, 7) is 2.76. The van der Waals surface area contributed by atoms with Crippen molar-refractivity contribution in [1.82, 2.24) is 20.1 Å². The van der Waals surface area contributed by atoms with Crippen molar-refractivity contribution in [2.75, 3.05) is 5.32 Å². The highest BCUT2D eigenvalue weighted by molar-refractivity contribution is 7.99. The molecule has 30 heavy (non-hydrogen) atoms. The molecule has 1 aromatic heterocycles. The molecule has 0 radical (unpaired) electrons. The van der Waals surface area contributed by atoms with Gasteiger partial charge in [-0.3, -0.25) is 4.79 Å². The maximum absolute atomic E-state index is 12.9. The van der Waals surface area contributed by atoms with Crippen LogP contribution in [0.2, 0.25) is 0 Å². The average Bonchev–Trinajstić information content (AvgIpc) is 3.33. The second kappa shape index (κ2) is 8.83. The lowest BCUT2D eigenvalue weighted by molar-refractivity contribution is 0.0938. The molecule has 0 fully saturated rings. The number of alkyl halides is 2. The first-order chi connectivity index (χ1) is 14.5. The zero-order chi connectivity index (χ0) is 21.1. The lowest BCUT2D eigenvalue weighted by atomic mass is 10.1. The number of nitrogens with zero attached hydrogens (tertiary/aromatic N) is 3. The molecule has 6 nitrogen and oxygen atoms in total. The topological polar surface area (TPSA) is 71.8 Å². The van der Waals surface area contributed by atoms with Crippen LogP contribution in [0.15, 0.2) is 53.4 Å². The van der Waals surface area contributed by atoms with E-state index in [1.54, 1.807) is 42.5 Å². The smallest absolute Gasteiger partial charge is 0.288 e. The van der Waals surface area contributed by atoms with Crippen LogP contribution >= 0.6 is 11.8 Å². The standard InChI is InChI=1S/C21H21F2N5OS/c1-13(19-27-26-18-7-4-12-28(18)19)24-20(29)16-5-2-3-6-17(16)25-14-8-10-15(11-9-14)30-21(22)23/h2-3,5-6,8-11,13,21,25H,4,7,12H2,1H3,(H,24,29)/t13-/m1/s1. The summed E-state index contributed by atoms with van der Waals surface area (Å²) >= 11 is 0.497. The number of hydrogen-bond donors (Lipinski definition) is 2. The van der Waals surface area contributed by atoms with Crippen LogP contribution in [0.4, 0.5) is 20.2 Å². The van der Waals surface area contributed by atoms with Crippen LogP contribution in [0.5, 0.6) is 0 Å². The van der Waals surface area contributed by atoms with Gasteiger partial charge in [-0.15, -0.1) is 10.2 Å². The summed E-state index contributed by atoms with van der Waals surface area (Å²) in [6.07, 6.45) is 1.95. The van der Waals surface area contributed by atoms with E-state index in [0.717, 1.165) is 31.0 Å². The lowest BCUT2D eigenvalue weighted by Crippen LogP contribution is -2.29. The number of amides is 1. The van der Waals surface area contributed by atoms with Gasteiger partial charge in [0.25, 0.3) is 11.7 Å². The molecule has 0 saturated heterocycles. The molecule has 9 heteroatoms. The zero-order valence-electron chi connectivity index (χ0n) is 16.3. The fourth-order valence-corrected chi connectivity index (χ4v) is 4.00. The Balaban J connectivity index is 1.47. The molecule has 1 aliphatic rings. The minimum absolute atomic E-state index is 0.231. The molecule has 2 N–H and O–H groups in total. The number of thioether (sulfide) groups is 1. The van der Waals surface area contributed by atoms with Gasteiger partial charge in [0, 0.05) is 23.5 Å². The Labute approximate surface area is 177 Å². The predicted molar refractivity (Wildman–Crippen MR) is 112 cm³/mol. The molecular weight excluding hydrogens is 408 g/mol. The number of benzene rings is 2. The van der Waals surface area contributed by atoms with Crippen molar-refractivity contribution in [2.24, 2.45) is 0 Å². The first kappa shape index (κ1) is 20.3. The zero-order valence-corrected chi connectivity index (χ0v) is 17.1. The van der Waals surface area contributed by atoms with E-state index < -0.39 is 5.76 Å². The predicted octanol–water partition coefficient (Wildman–Crippen LogP) is 4.77. The maximum atomic E-state index is 12.9. The van der Waals surface area contributed by atoms with Crippen molar-refractivity contribution in [3.63, 3.8) is 0 Å². The minimum Gasteiger partial charge on any atom is -0.355 e. The van der Waals surface area contributed by atoms with Crippen LogP contribution in [0, 0.1) is 0 Å². The van der Waals surface area contributed by atoms with E-state index in [2.05, 4.69) is 25.4 Å². The molecule has 3 aromatic rings. The van der Waals surface area contributed by atoms with Crippen LogP contribution in [0.25, 0.3) is 0 Å². The van der Waals surface area contributed by atoms with Gasteiger partial charge in [0.05, 0.1) is 17.3 Å². The van der Waals surface area contributed by atoms with E-state index in [1.165, 1.54) is 0 Å². The Morgan fingerprint density at radius 1 is 1.13 bits per heavy atom. The van der Waals surface area contributed by atoms with E-state index in [9.17, 15) is 13.6 Å². The second-order valence-electron chi connectivity index (χ2n) is 7.00. The van der Waals surface area contributed by atoms with Crippen molar-refractivity contribution in [1.29, 1.82) is 0 Å². The SMILES string of the molecule is C[C@@H](NC(=O)c1ccccc1Nc1ccc(SC(F)F)cc1)c1nnc2n1CCC2. The molecule has 4 rings (SSSR count). The number of nitrogens with one attached hydrogen (secondary N) is 2. The third kappa shape index (κ3) is 4.46. The first-order valence-electron chi connectivity index (χ1n) is 9.65. The summed E-state index contributed by atoms with van der Waals surface area (Å²) in [4.78, 5) is 13.4. The summed E-state index contributed by atoms with van der Waals surface area (Å²) < 4.78 is 27.0. The van der Waals surface area contributed by atoms with Crippen LogP contribution < -0.4 is 10.6 Å². The van der Waals surface area contributed by atoms with Gasteiger partial charge >= 0.3 is 0 Å². The molecule has 0 unspecified atom stereocenters.